The SMILES string of the molecule is C[C@@H](N)c1nc(-c2cc(Br)ccc2O)n[nH]1. The van der Waals surface area contributed by atoms with E-state index in [2.05, 4.69) is 31.1 Å². The van der Waals surface area contributed by atoms with Crippen LogP contribution < -0.4 is 5.73 Å². The summed E-state index contributed by atoms with van der Waals surface area (Å²) in [5.41, 5.74) is 6.23. The zero-order valence-electron chi connectivity index (χ0n) is 8.61. The topological polar surface area (TPSA) is 87.8 Å². The van der Waals surface area contributed by atoms with Gasteiger partial charge in [-0.15, -0.1) is 0 Å². The number of phenols is 1. The molecule has 0 unspecified atom stereocenters. The maximum Gasteiger partial charge on any atom is 0.184 e. The number of aromatic nitrogens is 3. The smallest absolute Gasteiger partial charge is 0.184 e. The Labute approximate surface area is 101 Å². The van der Waals surface area contributed by atoms with Crippen molar-refractivity contribution in [3.63, 3.8) is 0 Å². The Balaban J connectivity index is 2.46. The lowest BCUT2D eigenvalue weighted by Gasteiger charge is -2.00. The van der Waals surface area contributed by atoms with Crippen LogP contribution in [0.4, 0.5) is 0 Å². The van der Waals surface area contributed by atoms with E-state index in [0.717, 1.165) is 4.47 Å². The summed E-state index contributed by atoms with van der Waals surface area (Å²) in [6.07, 6.45) is 0. The number of rotatable bonds is 2. The standard InChI is InChI=1S/C10H11BrN4O/c1-5(12)9-13-10(15-14-9)7-4-6(11)2-3-8(7)16/h2-5,16H,12H2,1H3,(H,13,14,15)/t5-/m1/s1. The molecule has 0 fully saturated rings. The highest BCUT2D eigenvalue weighted by Gasteiger charge is 2.12. The molecule has 0 bridgehead atoms. The maximum absolute atomic E-state index is 9.69. The molecule has 1 aromatic heterocycles. The van der Waals surface area contributed by atoms with Gasteiger partial charge in [-0.25, -0.2) is 4.98 Å². The van der Waals surface area contributed by atoms with E-state index in [1.54, 1.807) is 18.2 Å². The lowest BCUT2D eigenvalue weighted by atomic mass is 10.2. The fourth-order valence-electron chi connectivity index (χ4n) is 1.29. The molecule has 1 atom stereocenters. The number of nitrogens with two attached hydrogens (primary N) is 1. The number of nitrogens with zero attached hydrogens (tertiary/aromatic N) is 2. The van der Waals surface area contributed by atoms with Gasteiger partial charge in [-0.05, 0) is 25.1 Å². The van der Waals surface area contributed by atoms with Crippen molar-refractivity contribution in [2.75, 3.05) is 0 Å². The predicted octanol–water partition coefficient (Wildman–Crippen LogP) is 1.96. The van der Waals surface area contributed by atoms with Crippen LogP contribution >= 0.6 is 15.9 Å². The van der Waals surface area contributed by atoms with Gasteiger partial charge in [0.1, 0.15) is 11.6 Å². The minimum absolute atomic E-state index is 0.137. The summed E-state index contributed by atoms with van der Waals surface area (Å²) in [5.74, 6) is 1.17. The zero-order chi connectivity index (χ0) is 11.7. The van der Waals surface area contributed by atoms with Crippen LogP contribution in [0.15, 0.2) is 22.7 Å². The van der Waals surface area contributed by atoms with Crippen LogP contribution in [-0.4, -0.2) is 20.3 Å². The quantitative estimate of drug-likeness (QED) is 0.786. The normalized spacial score (nSPS) is 12.7. The van der Waals surface area contributed by atoms with Crippen molar-refractivity contribution in [1.29, 1.82) is 0 Å². The molecule has 4 N–H and O–H groups in total. The van der Waals surface area contributed by atoms with E-state index in [9.17, 15) is 5.11 Å². The number of hydrogen-bond acceptors (Lipinski definition) is 4. The van der Waals surface area contributed by atoms with Crippen molar-refractivity contribution in [2.24, 2.45) is 5.73 Å². The lowest BCUT2D eigenvalue weighted by molar-refractivity contribution is 0.477. The fourth-order valence-corrected chi connectivity index (χ4v) is 1.65. The Morgan fingerprint density at radius 1 is 1.50 bits per heavy atom. The molecule has 0 aliphatic heterocycles. The average Bonchev–Trinajstić information content (AvgIpc) is 2.70. The highest BCUT2D eigenvalue weighted by atomic mass is 79.9. The number of H-pyrrole nitrogens is 1. The van der Waals surface area contributed by atoms with Crippen molar-refractivity contribution in [2.45, 2.75) is 13.0 Å². The summed E-state index contributed by atoms with van der Waals surface area (Å²) in [6.45, 7) is 1.81. The van der Waals surface area contributed by atoms with Crippen LogP contribution in [0.3, 0.4) is 0 Å². The molecule has 0 aliphatic rings. The third kappa shape index (κ3) is 2.07. The Bertz CT molecular complexity index is 509. The number of aromatic amines is 1. The third-order valence-electron chi connectivity index (χ3n) is 2.13. The number of aromatic hydroxyl groups is 1. The molecule has 0 spiro atoms. The molecule has 1 aromatic carbocycles. The molecular weight excluding hydrogens is 272 g/mol. The monoisotopic (exact) mass is 282 g/mol. The van der Waals surface area contributed by atoms with Crippen LogP contribution in [0.2, 0.25) is 0 Å². The van der Waals surface area contributed by atoms with Crippen molar-refractivity contribution in [1.82, 2.24) is 15.2 Å². The molecule has 16 heavy (non-hydrogen) atoms. The molecule has 0 radical (unpaired) electrons. The third-order valence-corrected chi connectivity index (χ3v) is 2.63. The van der Waals surface area contributed by atoms with Crippen molar-refractivity contribution >= 4 is 15.9 Å². The molecule has 1 heterocycles. The van der Waals surface area contributed by atoms with Gasteiger partial charge in [0.25, 0.3) is 0 Å². The summed E-state index contributed by atoms with van der Waals surface area (Å²) in [4.78, 5) is 4.21. The summed E-state index contributed by atoms with van der Waals surface area (Å²) in [6, 6.07) is 4.87. The lowest BCUT2D eigenvalue weighted by Crippen LogP contribution is -2.06. The van der Waals surface area contributed by atoms with Gasteiger partial charge in [-0.3, -0.25) is 5.10 Å². The molecule has 5 nitrogen and oxygen atoms in total. The van der Waals surface area contributed by atoms with Crippen molar-refractivity contribution < 1.29 is 5.11 Å². The van der Waals surface area contributed by atoms with Gasteiger partial charge in [0.15, 0.2) is 5.82 Å². The van der Waals surface area contributed by atoms with Crippen LogP contribution in [0, 0.1) is 0 Å². The van der Waals surface area contributed by atoms with Gasteiger partial charge in [0.05, 0.1) is 11.6 Å². The number of hydrogen-bond donors (Lipinski definition) is 3. The van der Waals surface area contributed by atoms with E-state index < -0.39 is 0 Å². The number of nitrogens with one attached hydrogen (secondary N) is 1. The number of halogens is 1. The number of phenolic OH excluding ortho intramolecular Hbond substituents is 1. The highest BCUT2D eigenvalue weighted by molar-refractivity contribution is 9.10. The van der Waals surface area contributed by atoms with E-state index in [1.807, 2.05) is 6.92 Å². The predicted molar refractivity (Wildman–Crippen MR) is 63.8 cm³/mol. The van der Waals surface area contributed by atoms with Gasteiger partial charge in [0.2, 0.25) is 0 Å². The Morgan fingerprint density at radius 2 is 2.25 bits per heavy atom. The molecular formula is C10H11BrN4O. The van der Waals surface area contributed by atoms with E-state index in [1.165, 1.54) is 0 Å². The first-order valence-electron chi connectivity index (χ1n) is 4.74. The molecule has 2 rings (SSSR count). The first kappa shape index (κ1) is 11.1. The average molecular weight is 283 g/mol. The second-order valence-corrected chi connectivity index (χ2v) is 4.41. The summed E-state index contributed by atoms with van der Waals surface area (Å²) in [7, 11) is 0. The van der Waals surface area contributed by atoms with E-state index >= 15 is 0 Å². The first-order valence-corrected chi connectivity index (χ1v) is 5.54. The van der Waals surface area contributed by atoms with Gasteiger partial charge in [0, 0.05) is 4.47 Å². The number of benzene rings is 1. The van der Waals surface area contributed by atoms with Crippen LogP contribution in [0.5, 0.6) is 5.75 Å². The van der Waals surface area contributed by atoms with Crippen molar-refractivity contribution in [3.05, 3.63) is 28.5 Å². The molecule has 0 aliphatic carbocycles. The van der Waals surface area contributed by atoms with E-state index in [-0.39, 0.29) is 11.8 Å². The van der Waals surface area contributed by atoms with Gasteiger partial charge < -0.3 is 10.8 Å². The summed E-state index contributed by atoms with van der Waals surface area (Å²) < 4.78 is 0.854. The minimum atomic E-state index is -0.212. The summed E-state index contributed by atoms with van der Waals surface area (Å²) >= 11 is 3.33. The Morgan fingerprint density at radius 3 is 2.88 bits per heavy atom. The van der Waals surface area contributed by atoms with Gasteiger partial charge >= 0.3 is 0 Å². The molecule has 2 aromatic rings. The van der Waals surface area contributed by atoms with E-state index in [4.69, 9.17) is 5.73 Å². The Kier molecular flexibility index (Phi) is 2.93. The van der Waals surface area contributed by atoms with Crippen LogP contribution in [0.1, 0.15) is 18.8 Å². The second-order valence-electron chi connectivity index (χ2n) is 3.49. The molecule has 0 saturated heterocycles. The van der Waals surface area contributed by atoms with Gasteiger partial charge in [-0.2, -0.15) is 5.10 Å². The Hall–Kier alpha value is -1.40. The first-order chi connectivity index (χ1) is 7.58. The largest absolute Gasteiger partial charge is 0.507 e. The van der Waals surface area contributed by atoms with Crippen molar-refractivity contribution in [3.8, 4) is 17.1 Å². The second kappa shape index (κ2) is 4.23. The zero-order valence-corrected chi connectivity index (χ0v) is 10.2. The van der Waals surface area contributed by atoms with E-state index in [0.29, 0.717) is 17.2 Å². The van der Waals surface area contributed by atoms with Crippen LogP contribution in [-0.2, 0) is 0 Å². The minimum Gasteiger partial charge on any atom is -0.507 e. The fraction of sp³-hybridized carbons (Fsp3) is 0.200. The maximum atomic E-state index is 9.69. The molecule has 6 heteroatoms. The van der Waals surface area contributed by atoms with Gasteiger partial charge in [-0.1, -0.05) is 15.9 Å². The summed E-state index contributed by atoms with van der Waals surface area (Å²) in [5, 5.41) is 16.4. The van der Waals surface area contributed by atoms with Crippen LogP contribution in [0.25, 0.3) is 11.4 Å². The molecule has 0 saturated carbocycles. The molecule has 84 valence electrons. The molecule has 0 amide bonds. The highest BCUT2D eigenvalue weighted by Crippen LogP contribution is 2.29.